The average Bonchev–Trinajstić information content (AvgIpc) is 3.26. The maximum Gasteiger partial charge on any atom is 0.290 e. The zero-order valence-corrected chi connectivity index (χ0v) is 22.9. The molecule has 1 aliphatic heterocycles. The summed E-state index contributed by atoms with van der Waals surface area (Å²) < 4.78 is 36.9. The van der Waals surface area contributed by atoms with Crippen LogP contribution in [-0.2, 0) is 6.42 Å². The number of amides is 1. The quantitative estimate of drug-likeness (QED) is 0.206. The number of carbonyl (C=O) groups is 1. The molecule has 7 nitrogen and oxygen atoms in total. The Morgan fingerprint density at radius 2 is 1.73 bits per heavy atom. The molecule has 0 spiro atoms. The van der Waals surface area contributed by atoms with Crippen molar-refractivity contribution in [3.8, 4) is 17.2 Å². The standard InChI is InChI=1S/C32H32FNO6/c1-4-5-6-17-39-26-13-9-21(18-27(26)38-3)29-28-30(35)24-19-22(33)10-14-25(24)40-31(28)32(36)34(29)16-15-20-7-11-23(37-2)12-8-20/h7-14,18-19,29H,4-6,15-17H2,1-3H3. The first-order valence-corrected chi connectivity index (χ1v) is 13.5. The molecule has 1 atom stereocenters. The van der Waals surface area contributed by atoms with E-state index in [1.54, 1.807) is 31.3 Å². The predicted octanol–water partition coefficient (Wildman–Crippen LogP) is 6.31. The molecule has 4 aromatic rings. The summed E-state index contributed by atoms with van der Waals surface area (Å²) >= 11 is 0. The van der Waals surface area contributed by atoms with Crippen LogP contribution in [0.4, 0.5) is 4.39 Å². The van der Waals surface area contributed by atoms with E-state index in [4.69, 9.17) is 18.6 Å². The van der Waals surface area contributed by atoms with Crippen molar-refractivity contribution in [1.82, 2.24) is 4.90 Å². The van der Waals surface area contributed by atoms with Crippen molar-refractivity contribution in [1.29, 1.82) is 0 Å². The number of rotatable bonds is 11. The van der Waals surface area contributed by atoms with Crippen LogP contribution < -0.4 is 19.6 Å². The lowest BCUT2D eigenvalue weighted by atomic mass is 9.97. The number of hydrogen-bond acceptors (Lipinski definition) is 6. The fourth-order valence-electron chi connectivity index (χ4n) is 5.12. The molecule has 208 valence electrons. The molecule has 0 saturated heterocycles. The van der Waals surface area contributed by atoms with Crippen LogP contribution in [0.25, 0.3) is 11.0 Å². The Morgan fingerprint density at radius 3 is 2.45 bits per heavy atom. The van der Waals surface area contributed by atoms with Gasteiger partial charge in [-0.15, -0.1) is 0 Å². The van der Waals surface area contributed by atoms with Gasteiger partial charge in [0.25, 0.3) is 5.91 Å². The summed E-state index contributed by atoms with van der Waals surface area (Å²) in [7, 11) is 3.16. The van der Waals surface area contributed by atoms with Gasteiger partial charge < -0.3 is 23.5 Å². The highest BCUT2D eigenvalue weighted by molar-refractivity contribution is 5.99. The molecule has 1 aromatic heterocycles. The third-order valence-corrected chi connectivity index (χ3v) is 7.24. The van der Waals surface area contributed by atoms with Gasteiger partial charge in [0.1, 0.15) is 17.1 Å². The Labute approximate surface area is 232 Å². The highest BCUT2D eigenvalue weighted by Crippen LogP contribution is 2.41. The van der Waals surface area contributed by atoms with Gasteiger partial charge in [0, 0.05) is 6.54 Å². The summed E-state index contributed by atoms with van der Waals surface area (Å²) in [6.07, 6.45) is 3.62. The van der Waals surface area contributed by atoms with Crippen LogP contribution in [0, 0.1) is 5.82 Å². The van der Waals surface area contributed by atoms with Gasteiger partial charge in [0.15, 0.2) is 16.9 Å². The maximum absolute atomic E-state index is 14.1. The molecule has 5 rings (SSSR count). The summed E-state index contributed by atoms with van der Waals surface area (Å²) in [4.78, 5) is 29.1. The maximum atomic E-state index is 14.1. The zero-order chi connectivity index (χ0) is 28.2. The number of hydrogen-bond donors (Lipinski definition) is 0. The van der Waals surface area contributed by atoms with Gasteiger partial charge in [-0.3, -0.25) is 9.59 Å². The Kier molecular flexibility index (Phi) is 8.05. The van der Waals surface area contributed by atoms with Crippen molar-refractivity contribution in [2.45, 2.75) is 38.6 Å². The van der Waals surface area contributed by atoms with Crippen molar-refractivity contribution in [2.75, 3.05) is 27.4 Å². The van der Waals surface area contributed by atoms with Gasteiger partial charge in [-0.25, -0.2) is 4.39 Å². The lowest BCUT2D eigenvalue weighted by Crippen LogP contribution is -2.31. The van der Waals surface area contributed by atoms with Crippen LogP contribution in [-0.4, -0.2) is 38.2 Å². The summed E-state index contributed by atoms with van der Waals surface area (Å²) in [6.45, 7) is 3.01. The Bertz CT molecular complexity index is 1580. The van der Waals surface area contributed by atoms with Gasteiger partial charge >= 0.3 is 0 Å². The van der Waals surface area contributed by atoms with E-state index in [9.17, 15) is 14.0 Å². The molecule has 2 heterocycles. The molecule has 0 fully saturated rings. The van der Waals surface area contributed by atoms with E-state index in [-0.39, 0.29) is 22.3 Å². The van der Waals surface area contributed by atoms with E-state index in [1.807, 2.05) is 30.3 Å². The van der Waals surface area contributed by atoms with E-state index < -0.39 is 23.2 Å². The summed E-state index contributed by atoms with van der Waals surface area (Å²) in [5, 5.41) is 0.0939. The summed E-state index contributed by atoms with van der Waals surface area (Å²) in [5.74, 6) is 0.858. The van der Waals surface area contributed by atoms with Crippen LogP contribution in [0.2, 0.25) is 0 Å². The van der Waals surface area contributed by atoms with Gasteiger partial charge in [-0.2, -0.15) is 0 Å². The smallest absolute Gasteiger partial charge is 0.290 e. The van der Waals surface area contributed by atoms with Crippen molar-refractivity contribution in [3.63, 3.8) is 0 Å². The SMILES string of the molecule is CCCCCOc1ccc(C2c3c(oc4ccc(F)cc4c3=O)C(=O)N2CCc2ccc(OC)cc2)cc1OC. The molecule has 0 N–H and O–H groups in total. The third-order valence-electron chi connectivity index (χ3n) is 7.24. The number of nitrogens with zero attached hydrogens (tertiary/aromatic N) is 1. The number of benzene rings is 3. The second-order valence-electron chi connectivity index (χ2n) is 9.78. The van der Waals surface area contributed by atoms with Crippen molar-refractivity contribution in [2.24, 2.45) is 0 Å². The number of carbonyl (C=O) groups excluding carboxylic acids is 1. The zero-order valence-electron chi connectivity index (χ0n) is 22.9. The fraction of sp³-hybridized carbons (Fsp3) is 0.312. The topological polar surface area (TPSA) is 78.2 Å². The highest BCUT2D eigenvalue weighted by Gasteiger charge is 2.42. The van der Waals surface area contributed by atoms with Crippen molar-refractivity contribution in [3.05, 3.63) is 99.2 Å². The van der Waals surface area contributed by atoms with E-state index >= 15 is 0 Å². The molecule has 3 aromatic carbocycles. The Balaban J connectivity index is 1.56. The molecular formula is C32H32FNO6. The van der Waals surface area contributed by atoms with E-state index in [2.05, 4.69) is 6.92 Å². The average molecular weight is 546 g/mol. The Hall–Kier alpha value is -4.33. The highest BCUT2D eigenvalue weighted by atomic mass is 19.1. The lowest BCUT2D eigenvalue weighted by Gasteiger charge is -2.26. The monoisotopic (exact) mass is 545 g/mol. The summed E-state index contributed by atoms with van der Waals surface area (Å²) in [6, 6.07) is 16.0. The van der Waals surface area contributed by atoms with Crippen molar-refractivity contribution >= 4 is 16.9 Å². The largest absolute Gasteiger partial charge is 0.497 e. The van der Waals surface area contributed by atoms with Gasteiger partial charge in [0.05, 0.1) is 37.8 Å². The van der Waals surface area contributed by atoms with Crippen LogP contribution in [0.1, 0.15) is 59.5 Å². The van der Waals surface area contributed by atoms with Crippen LogP contribution in [0.5, 0.6) is 17.2 Å². The van der Waals surface area contributed by atoms with Gasteiger partial charge in [-0.1, -0.05) is 38.0 Å². The first-order valence-electron chi connectivity index (χ1n) is 13.5. The number of fused-ring (bicyclic) bond motifs is 2. The minimum absolute atomic E-state index is 0.0253. The molecule has 1 amide bonds. The number of halogens is 1. The predicted molar refractivity (Wildman–Crippen MR) is 150 cm³/mol. The molecule has 40 heavy (non-hydrogen) atoms. The molecule has 0 radical (unpaired) electrons. The second-order valence-corrected chi connectivity index (χ2v) is 9.78. The van der Waals surface area contributed by atoms with Crippen LogP contribution in [0.15, 0.2) is 69.9 Å². The number of unbranched alkanes of at least 4 members (excludes halogenated alkanes) is 2. The van der Waals surface area contributed by atoms with Crippen LogP contribution >= 0.6 is 0 Å². The van der Waals surface area contributed by atoms with Crippen molar-refractivity contribution < 1.29 is 27.8 Å². The second kappa shape index (κ2) is 11.8. The number of ether oxygens (including phenoxy) is 3. The van der Waals surface area contributed by atoms with Gasteiger partial charge in [0.2, 0.25) is 5.76 Å². The normalized spacial score (nSPS) is 14.4. The molecule has 8 heteroatoms. The minimum Gasteiger partial charge on any atom is -0.497 e. The third kappa shape index (κ3) is 5.26. The summed E-state index contributed by atoms with van der Waals surface area (Å²) in [5.41, 5.74) is 1.60. The molecule has 0 bridgehead atoms. The number of methoxy groups -OCH3 is 2. The minimum atomic E-state index is -0.743. The first-order chi connectivity index (χ1) is 19.4. The lowest BCUT2D eigenvalue weighted by molar-refractivity contribution is 0.0730. The molecular weight excluding hydrogens is 513 g/mol. The van der Waals surface area contributed by atoms with E-state index in [0.29, 0.717) is 36.6 Å². The Morgan fingerprint density at radius 1 is 0.925 bits per heavy atom. The molecule has 1 unspecified atom stereocenters. The molecule has 0 saturated carbocycles. The van der Waals surface area contributed by atoms with Gasteiger partial charge in [-0.05, 0) is 66.4 Å². The van der Waals surface area contributed by atoms with Crippen LogP contribution in [0.3, 0.4) is 0 Å². The molecule has 1 aliphatic rings. The first kappa shape index (κ1) is 27.2. The molecule has 0 aliphatic carbocycles. The fourth-order valence-corrected chi connectivity index (χ4v) is 5.12. The van der Waals surface area contributed by atoms with E-state index in [1.165, 1.54) is 12.1 Å². The van der Waals surface area contributed by atoms with E-state index in [0.717, 1.165) is 36.6 Å².